The highest BCUT2D eigenvalue weighted by atomic mass is 19.1. The second-order valence-electron chi connectivity index (χ2n) is 4.97. The minimum Gasteiger partial charge on any atom is -0.236 e. The van der Waals surface area contributed by atoms with Crippen molar-refractivity contribution in [2.45, 2.75) is 26.2 Å². The van der Waals surface area contributed by atoms with Gasteiger partial charge in [0.15, 0.2) is 0 Å². The molecule has 0 aliphatic rings. The number of hydrogen-bond acceptors (Lipinski definition) is 3. The van der Waals surface area contributed by atoms with Gasteiger partial charge in [-0.05, 0) is 39.0 Å². The number of aryl methyl sites for hydroxylation is 1. The highest BCUT2D eigenvalue weighted by Crippen LogP contribution is 2.24. The van der Waals surface area contributed by atoms with Gasteiger partial charge in [0.05, 0.1) is 11.8 Å². The molecule has 1 heterocycles. The summed E-state index contributed by atoms with van der Waals surface area (Å²) in [6.07, 6.45) is 0. The van der Waals surface area contributed by atoms with Crippen LogP contribution in [0.3, 0.4) is 0 Å². The van der Waals surface area contributed by atoms with Crippen LogP contribution in [0.1, 0.15) is 25.4 Å². The lowest BCUT2D eigenvalue weighted by molar-refractivity contribution is 0.624. The van der Waals surface area contributed by atoms with Crippen molar-refractivity contribution in [3.8, 4) is 17.3 Å². The van der Waals surface area contributed by atoms with E-state index in [4.69, 9.17) is 5.26 Å². The van der Waals surface area contributed by atoms with Gasteiger partial charge in [-0.1, -0.05) is 12.1 Å². The van der Waals surface area contributed by atoms with E-state index < -0.39 is 5.41 Å². The lowest BCUT2D eigenvalue weighted by Crippen LogP contribution is -2.19. The van der Waals surface area contributed by atoms with E-state index in [9.17, 15) is 4.39 Å². The first-order valence-electron chi connectivity index (χ1n) is 5.96. The molecule has 96 valence electrons. The molecule has 0 radical (unpaired) electrons. The van der Waals surface area contributed by atoms with Crippen molar-refractivity contribution in [2.75, 3.05) is 0 Å². The third-order valence-electron chi connectivity index (χ3n) is 2.81. The monoisotopic (exact) mass is 255 g/mol. The Morgan fingerprint density at radius 2 is 1.95 bits per heavy atom. The van der Waals surface area contributed by atoms with Gasteiger partial charge in [-0.2, -0.15) is 5.26 Å². The van der Waals surface area contributed by atoms with Gasteiger partial charge in [0.1, 0.15) is 17.1 Å². The zero-order chi connectivity index (χ0) is 14.0. The second-order valence-corrected chi connectivity index (χ2v) is 4.97. The Bertz CT molecular complexity index is 657. The number of nitriles is 1. The second kappa shape index (κ2) is 4.77. The van der Waals surface area contributed by atoms with Crippen molar-refractivity contribution < 1.29 is 4.39 Å². The standard InChI is InChI=1S/C15H14FN3/c1-10-7-13(11-5-4-6-12(16)8-11)19-14(18-10)15(2,3)9-17/h4-8H,1-3H3. The Kier molecular flexibility index (Phi) is 3.30. The summed E-state index contributed by atoms with van der Waals surface area (Å²) in [6.45, 7) is 5.36. The van der Waals surface area contributed by atoms with Crippen LogP contribution in [0.4, 0.5) is 4.39 Å². The average Bonchev–Trinajstić information content (AvgIpc) is 2.38. The van der Waals surface area contributed by atoms with Crippen LogP contribution in [0.5, 0.6) is 0 Å². The summed E-state index contributed by atoms with van der Waals surface area (Å²) in [5.74, 6) is 0.143. The van der Waals surface area contributed by atoms with E-state index in [0.29, 0.717) is 17.1 Å². The molecular weight excluding hydrogens is 241 g/mol. The molecule has 0 N–H and O–H groups in total. The normalized spacial score (nSPS) is 11.1. The Morgan fingerprint density at radius 3 is 2.58 bits per heavy atom. The van der Waals surface area contributed by atoms with Crippen LogP contribution in [0.25, 0.3) is 11.3 Å². The Labute approximate surface area is 111 Å². The lowest BCUT2D eigenvalue weighted by Gasteiger charge is -2.15. The van der Waals surface area contributed by atoms with Crippen molar-refractivity contribution in [2.24, 2.45) is 0 Å². The molecule has 0 saturated heterocycles. The molecule has 0 aliphatic carbocycles. The van der Waals surface area contributed by atoms with E-state index in [1.54, 1.807) is 32.0 Å². The molecule has 2 rings (SSSR count). The maximum absolute atomic E-state index is 13.3. The van der Waals surface area contributed by atoms with Gasteiger partial charge in [0.25, 0.3) is 0 Å². The fourth-order valence-electron chi connectivity index (χ4n) is 1.69. The van der Waals surface area contributed by atoms with E-state index in [2.05, 4.69) is 16.0 Å². The predicted octanol–water partition coefficient (Wildman–Crippen LogP) is 3.39. The van der Waals surface area contributed by atoms with Crippen LogP contribution in [0.2, 0.25) is 0 Å². The van der Waals surface area contributed by atoms with Crippen LogP contribution >= 0.6 is 0 Å². The van der Waals surface area contributed by atoms with E-state index in [1.165, 1.54) is 12.1 Å². The SMILES string of the molecule is Cc1cc(-c2cccc(F)c2)nc(C(C)(C)C#N)n1. The number of aromatic nitrogens is 2. The van der Waals surface area contributed by atoms with Gasteiger partial charge >= 0.3 is 0 Å². The van der Waals surface area contributed by atoms with Crippen LogP contribution < -0.4 is 0 Å². The fourth-order valence-corrected chi connectivity index (χ4v) is 1.69. The maximum Gasteiger partial charge on any atom is 0.148 e. The molecule has 1 aromatic carbocycles. The van der Waals surface area contributed by atoms with Crippen molar-refractivity contribution in [3.63, 3.8) is 0 Å². The quantitative estimate of drug-likeness (QED) is 0.826. The minimum atomic E-state index is -0.770. The van der Waals surface area contributed by atoms with E-state index in [1.807, 2.05) is 6.92 Å². The van der Waals surface area contributed by atoms with Gasteiger partial charge in [0.2, 0.25) is 0 Å². The van der Waals surface area contributed by atoms with Crippen molar-refractivity contribution in [1.82, 2.24) is 9.97 Å². The molecule has 1 aromatic heterocycles. The lowest BCUT2D eigenvalue weighted by atomic mass is 9.94. The highest BCUT2D eigenvalue weighted by molar-refractivity contribution is 5.59. The van der Waals surface area contributed by atoms with Gasteiger partial charge < -0.3 is 0 Å². The number of halogens is 1. The molecule has 4 heteroatoms. The smallest absolute Gasteiger partial charge is 0.148 e. The van der Waals surface area contributed by atoms with E-state index >= 15 is 0 Å². The molecule has 0 aliphatic heterocycles. The summed E-state index contributed by atoms with van der Waals surface area (Å²) in [5, 5.41) is 9.15. The molecule has 3 nitrogen and oxygen atoms in total. The Morgan fingerprint density at radius 1 is 1.21 bits per heavy atom. The minimum absolute atomic E-state index is 0.310. The maximum atomic E-state index is 13.3. The molecule has 0 spiro atoms. The number of hydrogen-bond donors (Lipinski definition) is 0. The van der Waals surface area contributed by atoms with Crippen LogP contribution in [-0.4, -0.2) is 9.97 Å². The van der Waals surface area contributed by atoms with E-state index in [-0.39, 0.29) is 5.82 Å². The Hall–Kier alpha value is -2.28. The summed E-state index contributed by atoms with van der Waals surface area (Å²) < 4.78 is 13.3. The summed E-state index contributed by atoms with van der Waals surface area (Å²) in [7, 11) is 0. The van der Waals surface area contributed by atoms with Crippen LogP contribution in [0.15, 0.2) is 30.3 Å². The largest absolute Gasteiger partial charge is 0.236 e. The first kappa shape index (κ1) is 13.2. The summed E-state index contributed by atoms with van der Waals surface area (Å²) >= 11 is 0. The fraction of sp³-hybridized carbons (Fsp3) is 0.267. The molecule has 0 atom stereocenters. The zero-order valence-corrected chi connectivity index (χ0v) is 11.1. The first-order valence-corrected chi connectivity index (χ1v) is 5.96. The molecule has 19 heavy (non-hydrogen) atoms. The van der Waals surface area contributed by atoms with Gasteiger partial charge in [0, 0.05) is 11.3 Å². The first-order chi connectivity index (χ1) is 8.92. The number of nitrogens with zero attached hydrogens (tertiary/aromatic N) is 3. The summed E-state index contributed by atoms with van der Waals surface area (Å²) in [5.41, 5.74) is 1.30. The highest BCUT2D eigenvalue weighted by Gasteiger charge is 2.24. The topological polar surface area (TPSA) is 49.6 Å². The zero-order valence-electron chi connectivity index (χ0n) is 11.1. The summed E-state index contributed by atoms with van der Waals surface area (Å²) in [4.78, 5) is 8.68. The van der Waals surface area contributed by atoms with Crippen LogP contribution in [0, 0.1) is 24.1 Å². The molecule has 0 saturated carbocycles. The molecule has 2 aromatic rings. The average molecular weight is 255 g/mol. The van der Waals surface area contributed by atoms with Gasteiger partial charge in [-0.15, -0.1) is 0 Å². The number of rotatable bonds is 2. The molecular formula is C15H14FN3. The van der Waals surface area contributed by atoms with Crippen molar-refractivity contribution >= 4 is 0 Å². The third-order valence-corrected chi connectivity index (χ3v) is 2.81. The van der Waals surface area contributed by atoms with Gasteiger partial charge in [-0.3, -0.25) is 0 Å². The van der Waals surface area contributed by atoms with Crippen LogP contribution in [-0.2, 0) is 5.41 Å². The molecule has 0 fully saturated rings. The van der Waals surface area contributed by atoms with E-state index in [0.717, 1.165) is 5.69 Å². The van der Waals surface area contributed by atoms with Crippen molar-refractivity contribution in [3.05, 3.63) is 47.7 Å². The van der Waals surface area contributed by atoms with Gasteiger partial charge in [-0.25, -0.2) is 14.4 Å². The molecule has 0 unspecified atom stereocenters. The van der Waals surface area contributed by atoms with Crippen molar-refractivity contribution in [1.29, 1.82) is 5.26 Å². The summed E-state index contributed by atoms with van der Waals surface area (Å²) in [6, 6.07) is 10.2. The molecule has 0 amide bonds. The Balaban J connectivity index is 2.58. The third kappa shape index (κ3) is 2.76. The predicted molar refractivity (Wildman–Crippen MR) is 70.8 cm³/mol. The number of benzene rings is 1. The molecule has 0 bridgehead atoms.